The first kappa shape index (κ1) is 14.6. The van der Waals surface area contributed by atoms with Gasteiger partial charge in [-0.3, -0.25) is 4.79 Å². The predicted octanol–water partition coefficient (Wildman–Crippen LogP) is 3.49. The minimum atomic E-state index is -4.46. The van der Waals surface area contributed by atoms with Gasteiger partial charge < -0.3 is 10.4 Å². The fraction of sp³-hybridized carbons (Fsp3) is 0.364. The van der Waals surface area contributed by atoms with E-state index in [4.69, 9.17) is 16.7 Å². The van der Waals surface area contributed by atoms with Crippen LogP contribution >= 0.6 is 11.6 Å². The van der Waals surface area contributed by atoms with Gasteiger partial charge in [0.05, 0.1) is 22.2 Å². The Labute approximate surface area is 107 Å². The lowest BCUT2D eigenvalue weighted by Gasteiger charge is -2.13. The Kier molecular flexibility index (Phi) is 4.45. The van der Waals surface area contributed by atoms with E-state index >= 15 is 0 Å². The third-order valence-electron chi connectivity index (χ3n) is 2.31. The first-order chi connectivity index (χ1) is 8.21. The third-order valence-corrected chi connectivity index (χ3v) is 2.64. The lowest BCUT2D eigenvalue weighted by Crippen LogP contribution is -2.20. The van der Waals surface area contributed by atoms with E-state index in [9.17, 15) is 18.0 Å². The van der Waals surface area contributed by atoms with Crippen LogP contribution in [0.4, 0.5) is 18.9 Å². The maximum Gasteiger partial charge on any atom is 0.416 e. The summed E-state index contributed by atoms with van der Waals surface area (Å²) in [4.78, 5) is 10.6. The van der Waals surface area contributed by atoms with Gasteiger partial charge >= 0.3 is 12.1 Å². The molecule has 0 aromatic heterocycles. The molecule has 0 saturated heterocycles. The molecule has 0 saturated carbocycles. The minimum absolute atomic E-state index is 0.00361. The Hall–Kier alpha value is -1.43. The number of anilines is 1. The third kappa shape index (κ3) is 3.80. The van der Waals surface area contributed by atoms with Crippen LogP contribution in [0.2, 0.25) is 5.02 Å². The molecule has 1 unspecified atom stereocenters. The minimum Gasteiger partial charge on any atom is -0.481 e. The van der Waals surface area contributed by atoms with E-state index in [0.29, 0.717) is 0 Å². The molecule has 1 aromatic carbocycles. The average molecular weight is 282 g/mol. The Balaban J connectivity index is 2.85. The summed E-state index contributed by atoms with van der Waals surface area (Å²) in [5.41, 5.74) is -0.767. The van der Waals surface area contributed by atoms with Gasteiger partial charge in [-0.1, -0.05) is 18.5 Å². The lowest BCUT2D eigenvalue weighted by atomic mass is 10.1. The van der Waals surface area contributed by atoms with E-state index in [-0.39, 0.29) is 17.3 Å². The highest BCUT2D eigenvalue weighted by Crippen LogP contribution is 2.33. The SMILES string of the molecule is CC(CNc1cc(C(F)(F)F)ccc1Cl)C(=O)O. The molecule has 0 amide bonds. The van der Waals surface area contributed by atoms with E-state index in [1.807, 2.05) is 0 Å². The molecular weight excluding hydrogens is 271 g/mol. The number of carbonyl (C=O) groups is 1. The van der Waals surface area contributed by atoms with Crippen LogP contribution in [-0.4, -0.2) is 17.6 Å². The molecule has 0 aliphatic heterocycles. The molecule has 7 heteroatoms. The van der Waals surface area contributed by atoms with Crippen molar-refractivity contribution in [3.63, 3.8) is 0 Å². The highest BCUT2D eigenvalue weighted by atomic mass is 35.5. The van der Waals surface area contributed by atoms with Crippen molar-refractivity contribution in [1.82, 2.24) is 0 Å². The molecule has 0 bridgehead atoms. The summed E-state index contributed by atoms with van der Waals surface area (Å²) in [7, 11) is 0. The smallest absolute Gasteiger partial charge is 0.416 e. The van der Waals surface area contributed by atoms with Gasteiger partial charge in [0.2, 0.25) is 0 Å². The van der Waals surface area contributed by atoms with Crippen LogP contribution in [0.5, 0.6) is 0 Å². The summed E-state index contributed by atoms with van der Waals surface area (Å²) in [6, 6.07) is 2.85. The fourth-order valence-electron chi connectivity index (χ4n) is 1.19. The van der Waals surface area contributed by atoms with Gasteiger partial charge in [-0.25, -0.2) is 0 Å². The van der Waals surface area contributed by atoms with Crippen molar-refractivity contribution in [2.75, 3.05) is 11.9 Å². The lowest BCUT2D eigenvalue weighted by molar-refractivity contribution is -0.140. The zero-order valence-electron chi connectivity index (χ0n) is 9.38. The van der Waals surface area contributed by atoms with Gasteiger partial charge in [0.1, 0.15) is 0 Å². The second-order valence-corrected chi connectivity index (χ2v) is 4.22. The molecule has 0 fully saturated rings. The van der Waals surface area contributed by atoms with Crippen LogP contribution in [0.3, 0.4) is 0 Å². The number of carboxylic acid groups (broad SMARTS) is 1. The molecule has 0 spiro atoms. The first-order valence-electron chi connectivity index (χ1n) is 5.05. The maximum absolute atomic E-state index is 12.5. The molecule has 0 aliphatic carbocycles. The van der Waals surface area contributed by atoms with E-state index in [0.717, 1.165) is 18.2 Å². The summed E-state index contributed by atoms with van der Waals surface area (Å²) < 4.78 is 37.4. The molecule has 2 N–H and O–H groups in total. The number of rotatable bonds is 4. The zero-order chi connectivity index (χ0) is 13.9. The van der Waals surface area contributed by atoms with E-state index in [2.05, 4.69) is 5.32 Å². The van der Waals surface area contributed by atoms with Crippen LogP contribution in [0.1, 0.15) is 12.5 Å². The van der Waals surface area contributed by atoms with Crippen LogP contribution < -0.4 is 5.32 Å². The summed E-state index contributed by atoms with van der Waals surface area (Å²) in [5.74, 6) is -1.76. The number of hydrogen-bond donors (Lipinski definition) is 2. The molecule has 0 heterocycles. The number of aliphatic carboxylic acids is 1. The summed E-state index contributed by atoms with van der Waals surface area (Å²) in [6.07, 6.45) is -4.46. The Morgan fingerprint density at radius 2 is 2.11 bits per heavy atom. The van der Waals surface area contributed by atoms with E-state index < -0.39 is 23.6 Å². The van der Waals surface area contributed by atoms with Crippen LogP contribution in [0.15, 0.2) is 18.2 Å². The van der Waals surface area contributed by atoms with Gasteiger partial charge in [-0.05, 0) is 18.2 Å². The van der Waals surface area contributed by atoms with E-state index in [1.165, 1.54) is 6.92 Å². The molecular formula is C11H11ClF3NO2. The number of alkyl halides is 3. The van der Waals surface area contributed by atoms with Gasteiger partial charge in [0.15, 0.2) is 0 Å². The Bertz CT molecular complexity index is 448. The van der Waals surface area contributed by atoms with Gasteiger partial charge in [0, 0.05) is 6.54 Å². The van der Waals surface area contributed by atoms with Gasteiger partial charge in [-0.2, -0.15) is 13.2 Å². The van der Waals surface area contributed by atoms with Crippen LogP contribution in [-0.2, 0) is 11.0 Å². The molecule has 0 aliphatic rings. The molecule has 18 heavy (non-hydrogen) atoms. The predicted molar refractivity (Wildman–Crippen MR) is 61.7 cm³/mol. The molecule has 0 radical (unpaired) electrons. The number of halogens is 4. The second-order valence-electron chi connectivity index (χ2n) is 3.81. The fourth-order valence-corrected chi connectivity index (χ4v) is 1.37. The maximum atomic E-state index is 12.5. The first-order valence-corrected chi connectivity index (χ1v) is 5.43. The standard InChI is InChI=1S/C11H11ClF3NO2/c1-6(10(17)18)5-16-9-4-7(11(13,14)15)2-3-8(9)12/h2-4,6,16H,5H2,1H3,(H,17,18). The quantitative estimate of drug-likeness (QED) is 0.888. The molecule has 3 nitrogen and oxygen atoms in total. The second kappa shape index (κ2) is 5.48. The summed E-state index contributed by atoms with van der Waals surface area (Å²) in [6.45, 7) is 1.44. The number of benzene rings is 1. The van der Waals surface area contributed by atoms with Crippen molar-refractivity contribution >= 4 is 23.3 Å². The molecule has 100 valence electrons. The zero-order valence-corrected chi connectivity index (χ0v) is 10.1. The Morgan fingerprint density at radius 3 is 2.61 bits per heavy atom. The van der Waals surface area contributed by atoms with Crippen LogP contribution in [0.25, 0.3) is 0 Å². The topological polar surface area (TPSA) is 49.3 Å². The van der Waals surface area contributed by atoms with Crippen LogP contribution in [0, 0.1) is 5.92 Å². The van der Waals surface area contributed by atoms with Crippen molar-refractivity contribution in [2.24, 2.45) is 5.92 Å². The van der Waals surface area contributed by atoms with Crippen molar-refractivity contribution in [3.8, 4) is 0 Å². The number of carboxylic acids is 1. The van der Waals surface area contributed by atoms with Crippen molar-refractivity contribution < 1.29 is 23.1 Å². The van der Waals surface area contributed by atoms with E-state index in [1.54, 1.807) is 0 Å². The number of nitrogens with one attached hydrogen (secondary N) is 1. The molecule has 1 rings (SSSR count). The van der Waals surface area contributed by atoms with Crippen molar-refractivity contribution in [1.29, 1.82) is 0 Å². The summed E-state index contributed by atoms with van der Waals surface area (Å²) >= 11 is 5.73. The Morgan fingerprint density at radius 1 is 1.50 bits per heavy atom. The highest BCUT2D eigenvalue weighted by molar-refractivity contribution is 6.33. The number of hydrogen-bond acceptors (Lipinski definition) is 2. The van der Waals surface area contributed by atoms with Crippen molar-refractivity contribution in [2.45, 2.75) is 13.1 Å². The van der Waals surface area contributed by atoms with Gasteiger partial charge in [-0.15, -0.1) is 0 Å². The van der Waals surface area contributed by atoms with Gasteiger partial charge in [0.25, 0.3) is 0 Å². The molecule has 1 aromatic rings. The highest BCUT2D eigenvalue weighted by Gasteiger charge is 2.31. The normalized spacial score (nSPS) is 13.2. The summed E-state index contributed by atoms with van der Waals surface area (Å²) in [5, 5.41) is 11.4. The largest absolute Gasteiger partial charge is 0.481 e. The monoisotopic (exact) mass is 281 g/mol. The average Bonchev–Trinajstić information content (AvgIpc) is 2.25. The van der Waals surface area contributed by atoms with Crippen molar-refractivity contribution in [3.05, 3.63) is 28.8 Å². The molecule has 1 atom stereocenters.